The third-order valence-corrected chi connectivity index (χ3v) is 2.87. The van der Waals surface area contributed by atoms with Gasteiger partial charge in [-0.3, -0.25) is 9.69 Å². The highest BCUT2D eigenvalue weighted by Crippen LogP contribution is 2.25. The number of nitrogens with zero attached hydrogens (tertiary/aromatic N) is 1. The second kappa shape index (κ2) is 6.37. The average Bonchev–Trinajstić information content (AvgIpc) is 2.20. The molecule has 1 aromatic carbocycles. The van der Waals surface area contributed by atoms with Crippen molar-refractivity contribution in [2.45, 2.75) is 26.4 Å². The Morgan fingerprint density at radius 3 is 2.63 bits per heavy atom. The molecule has 5 heteroatoms. The summed E-state index contributed by atoms with van der Waals surface area (Å²) in [6.07, 6.45) is 0. The predicted octanol–water partition coefficient (Wildman–Crippen LogP) is 2.29. The first-order valence-corrected chi connectivity index (χ1v) is 6.53. The van der Waals surface area contributed by atoms with Crippen molar-refractivity contribution in [1.29, 1.82) is 0 Å². The lowest BCUT2D eigenvalue weighted by atomic mass is 10.1. The molecule has 0 aliphatic heterocycles. The van der Waals surface area contributed by atoms with Gasteiger partial charge >= 0.3 is 0 Å². The maximum absolute atomic E-state index is 11.9. The largest absolute Gasteiger partial charge is 0.389 e. The van der Waals surface area contributed by atoms with Crippen molar-refractivity contribution in [1.82, 2.24) is 4.90 Å². The minimum Gasteiger partial charge on any atom is -0.389 e. The van der Waals surface area contributed by atoms with Crippen molar-refractivity contribution in [2.24, 2.45) is 0 Å². The number of aryl methyl sites for hydroxylation is 1. The van der Waals surface area contributed by atoms with Gasteiger partial charge in [0.15, 0.2) is 0 Å². The zero-order valence-electron chi connectivity index (χ0n) is 11.8. The number of aliphatic hydroxyl groups is 1. The monoisotopic (exact) mass is 284 g/mol. The van der Waals surface area contributed by atoms with Crippen molar-refractivity contribution >= 4 is 23.2 Å². The highest BCUT2D eigenvalue weighted by molar-refractivity contribution is 6.33. The predicted molar refractivity (Wildman–Crippen MR) is 78.6 cm³/mol. The maximum atomic E-state index is 11.9. The van der Waals surface area contributed by atoms with E-state index in [9.17, 15) is 9.90 Å². The lowest BCUT2D eigenvalue weighted by Gasteiger charge is -2.25. The maximum Gasteiger partial charge on any atom is 0.238 e. The normalized spacial score (nSPS) is 11.7. The minimum absolute atomic E-state index is 0.150. The molecule has 0 spiro atoms. The lowest BCUT2D eigenvalue weighted by molar-refractivity contribution is -0.117. The fraction of sp³-hybridized carbons (Fsp3) is 0.500. The standard InChI is InChI=1S/C14H21ClN2O2/c1-10-6-5-7-11(15)13(10)16-12(18)8-17(4)9-14(2,3)19/h5-7,19H,8-9H2,1-4H3,(H,16,18). The smallest absolute Gasteiger partial charge is 0.238 e. The summed E-state index contributed by atoms with van der Waals surface area (Å²) in [5.41, 5.74) is 0.742. The average molecular weight is 285 g/mol. The summed E-state index contributed by atoms with van der Waals surface area (Å²) >= 11 is 6.05. The molecule has 0 heterocycles. The van der Waals surface area contributed by atoms with Gasteiger partial charge in [0.2, 0.25) is 5.91 Å². The molecule has 0 saturated carbocycles. The van der Waals surface area contributed by atoms with Crippen molar-refractivity contribution in [3.8, 4) is 0 Å². The highest BCUT2D eigenvalue weighted by atomic mass is 35.5. The van der Waals surface area contributed by atoms with Crippen LogP contribution in [0.25, 0.3) is 0 Å². The Morgan fingerprint density at radius 2 is 2.11 bits per heavy atom. The van der Waals surface area contributed by atoms with Crippen LogP contribution in [0.5, 0.6) is 0 Å². The van der Waals surface area contributed by atoms with Crippen LogP contribution in [0.1, 0.15) is 19.4 Å². The van der Waals surface area contributed by atoms with Crippen LogP contribution < -0.4 is 5.32 Å². The molecule has 0 aliphatic rings. The molecule has 0 bridgehead atoms. The third-order valence-electron chi connectivity index (χ3n) is 2.56. The fourth-order valence-corrected chi connectivity index (χ4v) is 2.20. The molecule has 0 aromatic heterocycles. The van der Waals surface area contributed by atoms with E-state index in [0.29, 0.717) is 17.3 Å². The molecule has 106 valence electrons. The number of hydrogen-bond donors (Lipinski definition) is 2. The van der Waals surface area contributed by atoms with Crippen molar-refractivity contribution in [3.05, 3.63) is 28.8 Å². The van der Waals surface area contributed by atoms with Crippen molar-refractivity contribution in [2.75, 3.05) is 25.5 Å². The van der Waals surface area contributed by atoms with E-state index in [1.165, 1.54) is 0 Å². The number of carbonyl (C=O) groups is 1. The van der Waals surface area contributed by atoms with E-state index < -0.39 is 5.60 Å². The van der Waals surface area contributed by atoms with E-state index in [2.05, 4.69) is 5.32 Å². The second-order valence-electron chi connectivity index (χ2n) is 5.46. The number of carbonyl (C=O) groups excluding carboxylic acids is 1. The molecule has 0 fully saturated rings. The van der Waals surface area contributed by atoms with Gasteiger partial charge in [0.25, 0.3) is 0 Å². The minimum atomic E-state index is -0.824. The van der Waals surface area contributed by atoms with E-state index >= 15 is 0 Å². The van der Waals surface area contributed by atoms with Gasteiger partial charge in [-0.1, -0.05) is 23.7 Å². The fourth-order valence-electron chi connectivity index (χ4n) is 1.93. The summed E-state index contributed by atoms with van der Waals surface area (Å²) in [5, 5.41) is 13.0. The van der Waals surface area contributed by atoms with Crippen LogP contribution in [-0.2, 0) is 4.79 Å². The number of rotatable bonds is 5. The number of para-hydroxylation sites is 1. The molecule has 4 nitrogen and oxygen atoms in total. The molecule has 1 amide bonds. The first kappa shape index (κ1) is 16.0. The Labute approximate surface area is 119 Å². The van der Waals surface area contributed by atoms with Crippen LogP contribution in [0.4, 0.5) is 5.69 Å². The van der Waals surface area contributed by atoms with E-state index in [1.807, 2.05) is 19.1 Å². The van der Waals surface area contributed by atoms with E-state index in [-0.39, 0.29) is 12.5 Å². The zero-order chi connectivity index (χ0) is 14.6. The molecule has 1 rings (SSSR count). The Kier molecular flexibility index (Phi) is 5.35. The molecular formula is C14H21ClN2O2. The molecule has 0 saturated heterocycles. The number of hydrogen-bond acceptors (Lipinski definition) is 3. The first-order valence-electron chi connectivity index (χ1n) is 6.15. The Hall–Kier alpha value is -1.10. The van der Waals surface area contributed by atoms with Crippen LogP contribution in [0.15, 0.2) is 18.2 Å². The molecule has 19 heavy (non-hydrogen) atoms. The Bertz CT molecular complexity index is 435. The van der Waals surface area contributed by atoms with Gasteiger partial charge in [-0.2, -0.15) is 0 Å². The highest BCUT2D eigenvalue weighted by Gasteiger charge is 2.18. The van der Waals surface area contributed by atoms with Gasteiger partial charge in [-0.25, -0.2) is 0 Å². The number of nitrogens with one attached hydrogen (secondary N) is 1. The van der Waals surface area contributed by atoms with Crippen molar-refractivity contribution < 1.29 is 9.90 Å². The van der Waals surface area contributed by atoms with Crippen LogP contribution in [-0.4, -0.2) is 41.7 Å². The number of anilines is 1. The molecule has 0 unspecified atom stereocenters. The molecule has 0 aliphatic carbocycles. The summed E-state index contributed by atoms with van der Waals surface area (Å²) in [6.45, 7) is 5.93. The van der Waals surface area contributed by atoms with Crippen LogP contribution >= 0.6 is 11.6 Å². The van der Waals surface area contributed by atoms with Crippen LogP contribution in [0.3, 0.4) is 0 Å². The van der Waals surface area contributed by atoms with Gasteiger partial charge in [0.1, 0.15) is 0 Å². The van der Waals surface area contributed by atoms with Crippen molar-refractivity contribution in [3.63, 3.8) is 0 Å². The van der Waals surface area contributed by atoms with Gasteiger partial charge < -0.3 is 10.4 Å². The summed E-state index contributed by atoms with van der Waals surface area (Å²) in [7, 11) is 1.79. The number of halogens is 1. The topological polar surface area (TPSA) is 52.6 Å². The van der Waals surface area contributed by atoms with Gasteiger partial charge in [0.05, 0.1) is 22.9 Å². The number of likely N-dealkylation sites (N-methyl/N-ethyl adjacent to an activating group) is 1. The van der Waals surface area contributed by atoms with Gasteiger partial charge in [0, 0.05) is 6.54 Å². The number of benzene rings is 1. The third kappa shape index (κ3) is 5.59. The molecule has 2 N–H and O–H groups in total. The first-order chi connectivity index (χ1) is 8.69. The Balaban J connectivity index is 2.61. The summed E-state index contributed by atoms with van der Waals surface area (Å²) in [4.78, 5) is 13.7. The lowest BCUT2D eigenvalue weighted by Crippen LogP contribution is -2.40. The summed E-state index contributed by atoms with van der Waals surface area (Å²) < 4.78 is 0. The number of amides is 1. The molecular weight excluding hydrogens is 264 g/mol. The van der Waals surface area contributed by atoms with Crippen LogP contribution in [0.2, 0.25) is 5.02 Å². The molecule has 0 atom stereocenters. The quantitative estimate of drug-likeness (QED) is 0.872. The van der Waals surface area contributed by atoms with E-state index in [4.69, 9.17) is 11.6 Å². The molecule has 0 radical (unpaired) electrons. The van der Waals surface area contributed by atoms with Gasteiger partial charge in [-0.15, -0.1) is 0 Å². The van der Waals surface area contributed by atoms with E-state index in [1.54, 1.807) is 31.9 Å². The SMILES string of the molecule is Cc1cccc(Cl)c1NC(=O)CN(C)CC(C)(C)O. The van der Waals surface area contributed by atoms with Gasteiger partial charge in [-0.05, 0) is 39.4 Å². The summed E-state index contributed by atoms with van der Waals surface area (Å²) in [6, 6.07) is 5.47. The molecule has 1 aromatic rings. The second-order valence-corrected chi connectivity index (χ2v) is 5.87. The van der Waals surface area contributed by atoms with Crippen LogP contribution in [0, 0.1) is 6.92 Å². The van der Waals surface area contributed by atoms with E-state index in [0.717, 1.165) is 5.56 Å². The Morgan fingerprint density at radius 1 is 1.47 bits per heavy atom. The zero-order valence-corrected chi connectivity index (χ0v) is 12.6. The summed E-state index contributed by atoms with van der Waals surface area (Å²) in [5.74, 6) is -0.150.